The number of benzene rings is 1. The smallest absolute Gasteiger partial charge is 0.231 e. The fraction of sp³-hybridized carbons (Fsp3) is 0.625. The molecule has 0 aromatic heterocycles. The zero-order valence-electron chi connectivity index (χ0n) is 12.7. The van der Waals surface area contributed by atoms with E-state index in [1.54, 1.807) is 7.11 Å². The van der Waals surface area contributed by atoms with Gasteiger partial charge in [0, 0.05) is 5.54 Å². The Bertz CT molecular complexity index is 507. The monoisotopic (exact) mass is 277 g/mol. The molecule has 0 spiro atoms. The van der Waals surface area contributed by atoms with Crippen LogP contribution >= 0.6 is 0 Å². The zero-order valence-corrected chi connectivity index (χ0v) is 12.7. The molecule has 20 heavy (non-hydrogen) atoms. The van der Waals surface area contributed by atoms with E-state index < -0.39 is 0 Å². The Morgan fingerprint density at radius 2 is 2.10 bits per heavy atom. The summed E-state index contributed by atoms with van der Waals surface area (Å²) in [6.07, 6.45) is 1.23. The van der Waals surface area contributed by atoms with Crippen LogP contribution in [0.1, 0.15) is 38.7 Å². The second-order valence-corrected chi connectivity index (χ2v) is 6.69. The van der Waals surface area contributed by atoms with Crippen LogP contribution in [0.25, 0.3) is 0 Å². The van der Waals surface area contributed by atoms with Gasteiger partial charge in [-0.25, -0.2) is 0 Å². The van der Waals surface area contributed by atoms with Gasteiger partial charge >= 0.3 is 0 Å². The molecule has 0 radical (unpaired) electrons. The van der Waals surface area contributed by atoms with Crippen LogP contribution in [0.4, 0.5) is 0 Å². The summed E-state index contributed by atoms with van der Waals surface area (Å²) < 4.78 is 16.3. The quantitative estimate of drug-likeness (QED) is 0.918. The molecule has 1 fully saturated rings. The molecule has 4 heteroatoms. The maximum atomic E-state index is 5.49. The van der Waals surface area contributed by atoms with Crippen molar-refractivity contribution in [1.82, 2.24) is 5.32 Å². The topological polar surface area (TPSA) is 39.7 Å². The summed E-state index contributed by atoms with van der Waals surface area (Å²) in [5.74, 6) is 3.65. The molecule has 0 saturated heterocycles. The molecular formula is C16H23NO3. The minimum absolute atomic E-state index is 0.180. The predicted octanol–water partition coefficient (Wildman–Crippen LogP) is 2.92. The third-order valence-electron chi connectivity index (χ3n) is 3.93. The fourth-order valence-electron chi connectivity index (χ4n) is 2.68. The summed E-state index contributed by atoms with van der Waals surface area (Å²) in [5.41, 5.74) is 1.48. The molecule has 0 bridgehead atoms. The van der Waals surface area contributed by atoms with Gasteiger partial charge in [0.25, 0.3) is 0 Å². The summed E-state index contributed by atoms with van der Waals surface area (Å²) in [6.45, 7) is 7.95. The summed E-state index contributed by atoms with van der Waals surface area (Å²) in [4.78, 5) is 0. The van der Waals surface area contributed by atoms with E-state index in [-0.39, 0.29) is 12.3 Å². The number of rotatable bonds is 4. The van der Waals surface area contributed by atoms with Crippen LogP contribution in [0.15, 0.2) is 12.1 Å². The molecule has 2 aliphatic rings. The Hall–Kier alpha value is -1.42. The number of ether oxygens (including phenoxy) is 3. The lowest BCUT2D eigenvalue weighted by Gasteiger charge is -2.20. The molecular weight excluding hydrogens is 254 g/mol. The van der Waals surface area contributed by atoms with Gasteiger partial charge < -0.3 is 19.5 Å². The standard InChI is InChI=1S/C16H23NO3/c1-16(2,3)17-8-11-5-12(11)10-6-13(18-4)15-14(7-10)19-9-20-15/h6-7,11-12,17H,5,8-9H2,1-4H3. The van der Waals surface area contributed by atoms with Crippen LogP contribution in [-0.2, 0) is 0 Å². The molecule has 1 heterocycles. The number of methoxy groups -OCH3 is 1. The normalized spacial score (nSPS) is 23.8. The minimum atomic E-state index is 0.180. The highest BCUT2D eigenvalue weighted by Crippen LogP contribution is 2.52. The van der Waals surface area contributed by atoms with Crippen LogP contribution in [0.2, 0.25) is 0 Å². The lowest BCUT2D eigenvalue weighted by molar-refractivity contribution is 0.171. The first kappa shape index (κ1) is 13.6. The molecule has 1 aromatic carbocycles. The van der Waals surface area contributed by atoms with Crippen LogP contribution in [-0.4, -0.2) is 26.0 Å². The van der Waals surface area contributed by atoms with Gasteiger partial charge in [0.1, 0.15) is 0 Å². The number of hydrogen-bond donors (Lipinski definition) is 1. The molecule has 1 aromatic rings. The van der Waals surface area contributed by atoms with Crippen molar-refractivity contribution in [3.8, 4) is 17.2 Å². The molecule has 110 valence electrons. The van der Waals surface area contributed by atoms with Crippen molar-refractivity contribution in [3.63, 3.8) is 0 Å². The second kappa shape index (κ2) is 4.85. The first-order chi connectivity index (χ1) is 9.48. The SMILES string of the molecule is COc1cc(C2CC2CNC(C)(C)C)cc2c1OCO2. The van der Waals surface area contributed by atoms with E-state index in [1.807, 2.05) is 0 Å². The first-order valence-electron chi connectivity index (χ1n) is 7.20. The van der Waals surface area contributed by atoms with Crippen molar-refractivity contribution in [2.75, 3.05) is 20.4 Å². The maximum Gasteiger partial charge on any atom is 0.231 e. The van der Waals surface area contributed by atoms with E-state index in [0.717, 1.165) is 23.8 Å². The number of fused-ring (bicyclic) bond motifs is 1. The van der Waals surface area contributed by atoms with E-state index in [4.69, 9.17) is 14.2 Å². The highest BCUT2D eigenvalue weighted by Gasteiger charge is 2.39. The van der Waals surface area contributed by atoms with Crippen molar-refractivity contribution in [1.29, 1.82) is 0 Å². The van der Waals surface area contributed by atoms with Crippen molar-refractivity contribution < 1.29 is 14.2 Å². The summed E-state index contributed by atoms with van der Waals surface area (Å²) in [5, 5.41) is 3.58. The second-order valence-electron chi connectivity index (χ2n) is 6.69. The maximum absolute atomic E-state index is 5.49. The van der Waals surface area contributed by atoms with Crippen LogP contribution in [0.5, 0.6) is 17.2 Å². The molecule has 0 amide bonds. The molecule has 2 unspecified atom stereocenters. The Labute approximate surface area is 120 Å². The van der Waals surface area contributed by atoms with Crippen molar-refractivity contribution in [2.24, 2.45) is 5.92 Å². The van der Waals surface area contributed by atoms with Gasteiger partial charge in [-0.15, -0.1) is 0 Å². The largest absolute Gasteiger partial charge is 0.493 e. The average Bonchev–Trinajstić information content (AvgIpc) is 3.02. The lowest BCUT2D eigenvalue weighted by atomic mass is 10.1. The van der Waals surface area contributed by atoms with Gasteiger partial charge in [0.05, 0.1) is 7.11 Å². The molecule has 1 aliphatic heterocycles. The van der Waals surface area contributed by atoms with E-state index in [9.17, 15) is 0 Å². The molecule has 3 rings (SSSR count). The van der Waals surface area contributed by atoms with E-state index in [1.165, 1.54) is 12.0 Å². The van der Waals surface area contributed by atoms with Gasteiger partial charge in [-0.05, 0) is 63.3 Å². The Morgan fingerprint density at radius 1 is 1.30 bits per heavy atom. The Kier molecular flexibility index (Phi) is 3.28. The third-order valence-corrected chi connectivity index (χ3v) is 3.93. The van der Waals surface area contributed by atoms with Crippen molar-refractivity contribution in [2.45, 2.75) is 38.6 Å². The van der Waals surface area contributed by atoms with Gasteiger partial charge in [0.15, 0.2) is 11.5 Å². The molecule has 1 aliphatic carbocycles. The van der Waals surface area contributed by atoms with Gasteiger partial charge in [-0.2, -0.15) is 0 Å². The molecule has 1 N–H and O–H groups in total. The lowest BCUT2D eigenvalue weighted by Crippen LogP contribution is -2.37. The van der Waals surface area contributed by atoms with Crippen molar-refractivity contribution >= 4 is 0 Å². The average molecular weight is 277 g/mol. The van der Waals surface area contributed by atoms with Gasteiger partial charge in [-0.1, -0.05) is 0 Å². The summed E-state index contributed by atoms with van der Waals surface area (Å²) in [7, 11) is 1.67. The van der Waals surface area contributed by atoms with Gasteiger partial charge in [0.2, 0.25) is 12.5 Å². The molecule has 1 saturated carbocycles. The first-order valence-corrected chi connectivity index (χ1v) is 7.20. The molecule has 4 nitrogen and oxygen atoms in total. The Morgan fingerprint density at radius 3 is 2.80 bits per heavy atom. The highest BCUT2D eigenvalue weighted by atomic mass is 16.7. The molecule has 2 atom stereocenters. The van der Waals surface area contributed by atoms with E-state index >= 15 is 0 Å². The minimum Gasteiger partial charge on any atom is -0.493 e. The highest BCUT2D eigenvalue weighted by molar-refractivity contribution is 5.56. The fourth-order valence-corrected chi connectivity index (χ4v) is 2.68. The van der Waals surface area contributed by atoms with E-state index in [0.29, 0.717) is 11.8 Å². The summed E-state index contributed by atoms with van der Waals surface area (Å²) in [6, 6.07) is 4.20. The van der Waals surface area contributed by atoms with Crippen LogP contribution < -0.4 is 19.5 Å². The predicted molar refractivity (Wildman–Crippen MR) is 77.7 cm³/mol. The number of hydrogen-bond acceptors (Lipinski definition) is 4. The summed E-state index contributed by atoms with van der Waals surface area (Å²) >= 11 is 0. The van der Waals surface area contributed by atoms with Gasteiger partial charge in [-0.3, -0.25) is 0 Å². The zero-order chi connectivity index (χ0) is 14.3. The van der Waals surface area contributed by atoms with Crippen LogP contribution in [0.3, 0.4) is 0 Å². The third kappa shape index (κ3) is 2.70. The van der Waals surface area contributed by atoms with Crippen LogP contribution in [0, 0.1) is 5.92 Å². The Balaban J connectivity index is 1.70. The number of nitrogens with one attached hydrogen (secondary N) is 1. The van der Waals surface area contributed by atoms with Crippen molar-refractivity contribution in [3.05, 3.63) is 17.7 Å². The van der Waals surface area contributed by atoms with E-state index in [2.05, 4.69) is 38.2 Å².